The highest BCUT2D eigenvalue weighted by atomic mass is 16.5. The Kier molecular flexibility index (Phi) is 5.15. The molecule has 3 amide bonds. The van der Waals surface area contributed by atoms with Crippen LogP contribution in [0.1, 0.15) is 12.6 Å². The second-order valence-electron chi connectivity index (χ2n) is 4.98. The standard InChI is InChI=1S/C13H21N5O3/c1-3-14-13(20)18-6-4-17(5-7-18)9-11(19)15-12-8-10(2)16-21-12/h8H,3-7,9H2,1-2H3,(H,14,20)(H,15,19). The first-order valence-corrected chi connectivity index (χ1v) is 7.06. The minimum absolute atomic E-state index is 0.0428. The Morgan fingerprint density at radius 3 is 2.62 bits per heavy atom. The van der Waals surface area contributed by atoms with Gasteiger partial charge in [-0.25, -0.2) is 4.79 Å². The van der Waals surface area contributed by atoms with E-state index in [1.54, 1.807) is 17.9 Å². The SMILES string of the molecule is CCNC(=O)N1CCN(CC(=O)Nc2cc(C)no2)CC1. The molecule has 1 fully saturated rings. The zero-order chi connectivity index (χ0) is 15.2. The van der Waals surface area contributed by atoms with Gasteiger partial charge in [-0.15, -0.1) is 0 Å². The third-order valence-electron chi connectivity index (χ3n) is 3.25. The lowest BCUT2D eigenvalue weighted by Crippen LogP contribution is -2.52. The first-order valence-electron chi connectivity index (χ1n) is 7.06. The van der Waals surface area contributed by atoms with E-state index in [4.69, 9.17) is 4.52 Å². The monoisotopic (exact) mass is 295 g/mol. The maximum absolute atomic E-state index is 11.9. The normalized spacial score (nSPS) is 15.8. The molecule has 0 unspecified atom stereocenters. The van der Waals surface area contributed by atoms with E-state index in [0.717, 1.165) is 5.69 Å². The molecule has 0 aliphatic carbocycles. The van der Waals surface area contributed by atoms with Crippen molar-refractivity contribution in [2.24, 2.45) is 0 Å². The Bertz CT molecular complexity index is 494. The van der Waals surface area contributed by atoms with Crippen LogP contribution in [-0.2, 0) is 4.79 Å². The molecular weight excluding hydrogens is 274 g/mol. The van der Waals surface area contributed by atoms with Gasteiger partial charge in [-0.1, -0.05) is 5.16 Å². The summed E-state index contributed by atoms with van der Waals surface area (Å²) in [6.07, 6.45) is 0. The van der Waals surface area contributed by atoms with Crippen molar-refractivity contribution in [1.29, 1.82) is 0 Å². The van der Waals surface area contributed by atoms with Crippen LogP contribution in [0.15, 0.2) is 10.6 Å². The van der Waals surface area contributed by atoms with Crippen LogP contribution in [0.2, 0.25) is 0 Å². The van der Waals surface area contributed by atoms with Crippen LogP contribution in [0.4, 0.5) is 10.7 Å². The summed E-state index contributed by atoms with van der Waals surface area (Å²) in [7, 11) is 0. The van der Waals surface area contributed by atoms with E-state index in [-0.39, 0.29) is 18.5 Å². The van der Waals surface area contributed by atoms with E-state index in [9.17, 15) is 9.59 Å². The van der Waals surface area contributed by atoms with E-state index in [2.05, 4.69) is 15.8 Å². The van der Waals surface area contributed by atoms with Gasteiger partial charge in [-0.05, 0) is 13.8 Å². The van der Waals surface area contributed by atoms with Gasteiger partial charge in [0, 0.05) is 38.8 Å². The lowest BCUT2D eigenvalue weighted by atomic mass is 10.3. The summed E-state index contributed by atoms with van der Waals surface area (Å²) in [6, 6.07) is 1.63. The summed E-state index contributed by atoms with van der Waals surface area (Å²) in [6.45, 7) is 7.20. The number of rotatable bonds is 4. The number of carbonyl (C=O) groups is 2. The number of carbonyl (C=O) groups excluding carboxylic acids is 2. The molecule has 2 heterocycles. The van der Waals surface area contributed by atoms with Crippen LogP contribution in [0, 0.1) is 6.92 Å². The van der Waals surface area contributed by atoms with Crippen molar-refractivity contribution < 1.29 is 14.1 Å². The van der Waals surface area contributed by atoms with Gasteiger partial charge in [0.1, 0.15) is 0 Å². The van der Waals surface area contributed by atoms with Crippen molar-refractivity contribution in [2.45, 2.75) is 13.8 Å². The Hall–Kier alpha value is -2.09. The molecule has 1 aliphatic rings. The molecule has 2 N–H and O–H groups in total. The van der Waals surface area contributed by atoms with Crippen molar-refractivity contribution in [3.05, 3.63) is 11.8 Å². The summed E-state index contributed by atoms with van der Waals surface area (Å²) in [5, 5.41) is 9.15. The third-order valence-corrected chi connectivity index (χ3v) is 3.25. The molecule has 8 nitrogen and oxygen atoms in total. The fourth-order valence-electron chi connectivity index (χ4n) is 2.17. The molecule has 1 saturated heterocycles. The zero-order valence-corrected chi connectivity index (χ0v) is 12.4. The summed E-state index contributed by atoms with van der Waals surface area (Å²) >= 11 is 0. The van der Waals surface area contributed by atoms with Gasteiger partial charge in [-0.2, -0.15) is 0 Å². The Morgan fingerprint density at radius 1 is 1.33 bits per heavy atom. The Morgan fingerprint density at radius 2 is 2.05 bits per heavy atom. The second kappa shape index (κ2) is 7.07. The molecule has 0 spiro atoms. The maximum Gasteiger partial charge on any atom is 0.317 e. The summed E-state index contributed by atoms with van der Waals surface area (Å²) in [5.41, 5.74) is 0.723. The van der Waals surface area contributed by atoms with E-state index in [1.807, 2.05) is 11.8 Å². The number of amides is 3. The molecule has 21 heavy (non-hydrogen) atoms. The van der Waals surface area contributed by atoms with E-state index in [0.29, 0.717) is 38.6 Å². The Labute approximate surface area is 123 Å². The number of aryl methyl sites for hydroxylation is 1. The van der Waals surface area contributed by atoms with Gasteiger partial charge in [-0.3, -0.25) is 15.0 Å². The molecule has 2 rings (SSSR count). The number of piperazine rings is 1. The molecule has 0 aromatic carbocycles. The molecule has 1 aromatic rings. The van der Waals surface area contributed by atoms with E-state index in [1.165, 1.54) is 0 Å². The van der Waals surface area contributed by atoms with E-state index < -0.39 is 0 Å². The average Bonchev–Trinajstić information content (AvgIpc) is 2.85. The number of aromatic nitrogens is 1. The van der Waals surface area contributed by atoms with Crippen LogP contribution >= 0.6 is 0 Å². The van der Waals surface area contributed by atoms with Gasteiger partial charge in [0.15, 0.2) is 0 Å². The molecule has 0 atom stereocenters. The fraction of sp³-hybridized carbons (Fsp3) is 0.615. The lowest BCUT2D eigenvalue weighted by molar-refractivity contribution is -0.117. The van der Waals surface area contributed by atoms with Crippen LogP contribution in [0.3, 0.4) is 0 Å². The van der Waals surface area contributed by atoms with Crippen LogP contribution in [0.5, 0.6) is 0 Å². The van der Waals surface area contributed by atoms with Crippen molar-refractivity contribution in [3.8, 4) is 0 Å². The highest BCUT2D eigenvalue weighted by molar-refractivity contribution is 5.91. The number of anilines is 1. The summed E-state index contributed by atoms with van der Waals surface area (Å²) < 4.78 is 4.94. The highest BCUT2D eigenvalue weighted by Gasteiger charge is 2.22. The van der Waals surface area contributed by atoms with Gasteiger partial charge in [0.05, 0.1) is 12.2 Å². The number of nitrogens with one attached hydrogen (secondary N) is 2. The van der Waals surface area contributed by atoms with Crippen molar-refractivity contribution in [1.82, 2.24) is 20.3 Å². The van der Waals surface area contributed by atoms with Gasteiger partial charge >= 0.3 is 6.03 Å². The first kappa shape index (κ1) is 15.3. The topological polar surface area (TPSA) is 90.7 Å². The number of nitrogens with zero attached hydrogens (tertiary/aromatic N) is 3. The van der Waals surface area contributed by atoms with Gasteiger partial charge < -0.3 is 14.7 Å². The summed E-state index contributed by atoms with van der Waals surface area (Å²) in [5.74, 6) is 0.219. The van der Waals surface area contributed by atoms with Crippen molar-refractivity contribution in [3.63, 3.8) is 0 Å². The molecule has 0 saturated carbocycles. The first-order chi connectivity index (χ1) is 10.1. The number of hydrogen-bond donors (Lipinski definition) is 2. The van der Waals surface area contributed by atoms with Crippen LogP contribution in [-0.4, -0.2) is 66.2 Å². The quantitative estimate of drug-likeness (QED) is 0.832. The highest BCUT2D eigenvalue weighted by Crippen LogP contribution is 2.08. The average molecular weight is 295 g/mol. The van der Waals surface area contributed by atoms with Gasteiger partial charge in [0.2, 0.25) is 11.8 Å². The minimum atomic E-state index is -0.141. The van der Waals surface area contributed by atoms with Gasteiger partial charge in [0.25, 0.3) is 0 Å². The largest absolute Gasteiger partial charge is 0.338 e. The molecule has 1 aliphatic heterocycles. The molecule has 0 bridgehead atoms. The van der Waals surface area contributed by atoms with Crippen LogP contribution < -0.4 is 10.6 Å². The number of urea groups is 1. The van der Waals surface area contributed by atoms with Crippen LogP contribution in [0.25, 0.3) is 0 Å². The third kappa shape index (κ3) is 4.45. The fourth-order valence-corrected chi connectivity index (χ4v) is 2.17. The predicted molar refractivity (Wildman–Crippen MR) is 77.0 cm³/mol. The van der Waals surface area contributed by atoms with Crippen molar-refractivity contribution >= 4 is 17.8 Å². The molecular formula is C13H21N5O3. The molecule has 116 valence electrons. The lowest BCUT2D eigenvalue weighted by Gasteiger charge is -2.34. The Balaban J connectivity index is 1.73. The predicted octanol–water partition coefficient (Wildman–Crippen LogP) is 0.269. The zero-order valence-electron chi connectivity index (χ0n) is 12.4. The van der Waals surface area contributed by atoms with Crippen molar-refractivity contribution in [2.75, 3.05) is 44.6 Å². The maximum atomic E-state index is 11.9. The number of hydrogen-bond acceptors (Lipinski definition) is 5. The smallest absolute Gasteiger partial charge is 0.317 e. The van der Waals surface area contributed by atoms with E-state index >= 15 is 0 Å². The second-order valence-corrected chi connectivity index (χ2v) is 4.98. The minimum Gasteiger partial charge on any atom is -0.338 e. The molecule has 1 aromatic heterocycles. The summed E-state index contributed by atoms with van der Waals surface area (Å²) in [4.78, 5) is 27.3. The molecule has 8 heteroatoms. The molecule has 0 radical (unpaired) electrons.